The topological polar surface area (TPSA) is 72.8 Å². The van der Waals surface area contributed by atoms with E-state index in [4.69, 9.17) is 9.47 Å². The van der Waals surface area contributed by atoms with Crippen molar-refractivity contribution in [3.63, 3.8) is 0 Å². The summed E-state index contributed by atoms with van der Waals surface area (Å²) in [4.78, 5) is 24.0. The highest BCUT2D eigenvalue weighted by Gasteiger charge is 2.12. The molecular weight excluding hydrogens is 608 g/mol. The van der Waals surface area contributed by atoms with Gasteiger partial charge in [-0.05, 0) is 44.9 Å². The Kier molecular flexibility index (Phi) is 39.5. The van der Waals surface area contributed by atoms with Gasteiger partial charge in [-0.25, -0.2) is 0 Å². The number of carbonyl (C=O) groups is 2. The molecule has 0 bridgehead atoms. The minimum absolute atomic E-state index is 0.116. The van der Waals surface area contributed by atoms with Gasteiger partial charge < -0.3 is 14.6 Å². The van der Waals surface area contributed by atoms with E-state index in [1.54, 1.807) is 0 Å². The van der Waals surface area contributed by atoms with Crippen molar-refractivity contribution in [2.45, 2.75) is 232 Å². The highest BCUT2D eigenvalue weighted by molar-refractivity contribution is 5.69. The molecular formula is C44H82O5. The molecule has 5 heteroatoms. The van der Waals surface area contributed by atoms with Gasteiger partial charge >= 0.3 is 11.9 Å². The molecule has 288 valence electrons. The summed E-state index contributed by atoms with van der Waals surface area (Å²) in [7, 11) is 0. The normalized spacial score (nSPS) is 12.3. The average molecular weight is 691 g/mol. The van der Waals surface area contributed by atoms with E-state index in [-0.39, 0.29) is 25.2 Å². The zero-order valence-corrected chi connectivity index (χ0v) is 32.7. The molecule has 0 aliphatic rings. The highest BCUT2D eigenvalue weighted by atomic mass is 16.6. The van der Waals surface area contributed by atoms with Crippen LogP contribution in [0.15, 0.2) is 24.3 Å². The zero-order valence-electron chi connectivity index (χ0n) is 32.7. The van der Waals surface area contributed by atoms with E-state index >= 15 is 0 Å². The number of hydrogen-bond acceptors (Lipinski definition) is 5. The van der Waals surface area contributed by atoms with Gasteiger partial charge in [0.15, 0.2) is 0 Å². The van der Waals surface area contributed by atoms with Crippen molar-refractivity contribution < 1.29 is 24.2 Å². The molecule has 0 heterocycles. The first-order valence-electron chi connectivity index (χ1n) is 21.4. The SMILES string of the molecule is CCCCCC/C=C\C/C=C\CCCCCCCC(=O)OC[C@H](O)COC(=O)CCCCCCCCCCCCCCCCCCCCC. The zero-order chi connectivity index (χ0) is 35.7. The van der Waals surface area contributed by atoms with Crippen LogP contribution in [0, 0.1) is 0 Å². The maximum absolute atomic E-state index is 12.0. The Bertz CT molecular complexity index is 746. The van der Waals surface area contributed by atoms with Crippen LogP contribution in [0.4, 0.5) is 0 Å². The van der Waals surface area contributed by atoms with Crippen LogP contribution in [0.25, 0.3) is 0 Å². The molecule has 0 radical (unpaired) electrons. The third kappa shape index (κ3) is 40.7. The van der Waals surface area contributed by atoms with Gasteiger partial charge in [-0.1, -0.05) is 192 Å². The number of aliphatic hydroxyl groups excluding tert-OH is 1. The van der Waals surface area contributed by atoms with E-state index in [1.807, 2.05) is 0 Å². The van der Waals surface area contributed by atoms with E-state index in [0.29, 0.717) is 12.8 Å². The quantitative estimate of drug-likeness (QED) is 0.0395. The molecule has 0 aromatic heterocycles. The number of allylic oxidation sites excluding steroid dienone is 4. The first-order chi connectivity index (χ1) is 24.1. The molecule has 1 atom stereocenters. The summed E-state index contributed by atoms with van der Waals surface area (Å²) < 4.78 is 10.3. The first-order valence-corrected chi connectivity index (χ1v) is 21.4. The first kappa shape index (κ1) is 47.4. The molecule has 0 fully saturated rings. The second-order valence-electron chi connectivity index (χ2n) is 14.5. The molecule has 5 nitrogen and oxygen atoms in total. The Hall–Kier alpha value is -1.62. The van der Waals surface area contributed by atoms with Gasteiger partial charge in [-0.3, -0.25) is 9.59 Å². The lowest BCUT2D eigenvalue weighted by Gasteiger charge is -2.12. The van der Waals surface area contributed by atoms with Gasteiger partial charge in [0.1, 0.15) is 19.3 Å². The Balaban J connectivity index is 3.41. The van der Waals surface area contributed by atoms with Crippen LogP contribution in [0.1, 0.15) is 226 Å². The summed E-state index contributed by atoms with van der Waals surface area (Å²) in [5.74, 6) is -0.571. The third-order valence-corrected chi connectivity index (χ3v) is 9.44. The number of rotatable bonds is 39. The fourth-order valence-electron chi connectivity index (χ4n) is 6.18. The summed E-state index contributed by atoms with van der Waals surface area (Å²) in [5, 5.41) is 10.0. The molecule has 0 unspecified atom stereocenters. The summed E-state index contributed by atoms with van der Waals surface area (Å²) in [5.41, 5.74) is 0. The maximum Gasteiger partial charge on any atom is 0.305 e. The van der Waals surface area contributed by atoms with Gasteiger partial charge in [-0.15, -0.1) is 0 Å². The molecule has 0 aromatic carbocycles. The van der Waals surface area contributed by atoms with Crippen molar-refractivity contribution in [1.29, 1.82) is 0 Å². The number of carbonyl (C=O) groups excluding carboxylic acids is 2. The van der Waals surface area contributed by atoms with Crippen LogP contribution >= 0.6 is 0 Å². The number of esters is 2. The van der Waals surface area contributed by atoms with Crippen LogP contribution in [0.5, 0.6) is 0 Å². The molecule has 0 amide bonds. The van der Waals surface area contributed by atoms with Crippen molar-refractivity contribution in [1.82, 2.24) is 0 Å². The second kappa shape index (κ2) is 40.8. The Morgan fingerprint density at radius 2 is 0.714 bits per heavy atom. The van der Waals surface area contributed by atoms with Crippen LogP contribution in [0.3, 0.4) is 0 Å². The lowest BCUT2D eigenvalue weighted by molar-refractivity contribution is -0.152. The number of ether oxygens (including phenoxy) is 2. The molecule has 0 spiro atoms. The van der Waals surface area contributed by atoms with E-state index in [1.165, 1.54) is 154 Å². The van der Waals surface area contributed by atoms with Crippen molar-refractivity contribution >= 4 is 11.9 Å². The molecule has 0 rings (SSSR count). The van der Waals surface area contributed by atoms with Gasteiger partial charge in [0.25, 0.3) is 0 Å². The van der Waals surface area contributed by atoms with E-state index < -0.39 is 6.10 Å². The second-order valence-corrected chi connectivity index (χ2v) is 14.5. The average Bonchev–Trinajstić information content (AvgIpc) is 3.10. The van der Waals surface area contributed by atoms with Gasteiger partial charge in [-0.2, -0.15) is 0 Å². The molecule has 0 saturated heterocycles. The molecule has 49 heavy (non-hydrogen) atoms. The van der Waals surface area contributed by atoms with Crippen LogP contribution in [-0.4, -0.2) is 36.4 Å². The molecule has 0 aliphatic carbocycles. The van der Waals surface area contributed by atoms with Gasteiger partial charge in [0, 0.05) is 12.8 Å². The third-order valence-electron chi connectivity index (χ3n) is 9.44. The smallest absolute Gasteiger partial charge is 0.305 e. The monoisotopic (exact) mass is 691 g/mol. The molecule has 0 aromatic rings. The minimum Gasteiger partial charge on any atom is -0.463 e. The minimum atomic E-state index is -0.965. The van der Waals surface area contributed by atoms with Crippen molar-refractivity contribution in [2.75, 3.05) is 13.2 Å². The van der Waals surface area contributed by atoms with Crippen molar-refractivity contribution in [3.05, 3.63) is 24.3 Å². The van der Waals surface area contributed by atoms with Gasteiger partial charge in [0.2, 0.25) is 0 Å². The Morgan fingerprint density at radius 3 is 1.06 bits per heavy atom. The summed E-state index contributed by atoms with van der Waals surface area (Å²) >= 11 is 0. The summed E-state index contributed by atoms with van der Waals surface area (Å²) in [6.45, 7) is 4.29. The highest BCUT2D eigenvalue weighted by Crippen LogP contribution is 2.15. The van der Waals surface area contributed by atoms with Crippen LogP contribution in [0.2, 0.25) is 0 Å². The lowest BCUT2D eigenvalue weighted by Crippen LogP contribution is -2.25. The largest absolute Gasteiger partial charge is 0.463 e. The molecule has 1 N–H and O–H groups in total. The predicted octanol–water partition coefficient (Wildman–Crippen LogP) is 13.5. The Morgan fingerprint density at radius 1 is 0.429 bits per heavy atom. The van der Waals surface area contributed by atoms with Crippen LogP contribution < -0.4 is 0 Å². The fourth-order valence-corrected chi connectivity index (χ4v) is 6.18. The van der Waals surface area contributed by atoms with Crippen LogP contribution in [-0.2, 0) is 19.1 Å². The maximum atomic E-state index is 12.0. The molecule has 0 saturated carbocycles. The standard InChI is InChI=1S/C44H82O5/c1-3-5-7-9-11-13-15-17-19-21-22-23-25-27-29-31-33-35-37-39-44(47)49-41-42(45)40-48-43(46)38-36-34-32-30-28-26-24-20-18-16-14-12-10-8-6-4-2/h14,16,20,24,42,45H,3-13,15,17-19,21-23,25-41H2,1-2H3/b16-14-,24-20-/t42-/m0/s1. The van der Waals surface area contributed by atoms with E-state index in [2.05, 4.69) is 38.2 Å². The summed E-state index contributed by atoms with van der Waals surface area (Å²) in [6.07, 6.45) is 48.1. The number of hydrogen-bond donors (Lipinski definition) is 1. The van der Waals surface area contributed by atoms with E-state index in [9.17, 15) is 14.7 Å². The van der Waals surface area contributed by atoms with Crippen molar-refractivity contribution in [3.8, 4) is 0 Å². The molecule has 0 aliphatic heterocycles. The predicted molar refractivity (Wildman–Crippen MR) is 210 cm³/mol. The number of aliphatic hydroxyl groups is 1. The summed E-state index contributed by atoms with van der Waals surface area (Å²) in [6, 6.07) is 0. The fraction of sp³-hybridized carbons (Fsp3) is 0.864. The number of unbranched alkanes of at least 4 members (excludes halogenated alkanes) is 27. The van der Waals surface area contributed by atoms with Crippen molar-refractivity contribution in [2.24, 2.45) is 0 Å². The lowest BCUT2D eigenvalue weighted by atomic mass is 10.0. The van der Waals surface area contributed by atoms with Gasteiger partial charge in [0.05, 0.1) is 0 Å². The van der Waals surface area contributed by atoms with E-state index in [0.717, 1.165) is 44.9 Å². The Labute approximate surface area is 304 Å².